The Kier molecular flexibility index (Phi) is 6.51. The van der Waals surface area contributed by atoms with Crippen LogP contribution < -0.4 is 14.8 Å². The smallest absolute Gasteiger partial charge is 0.318 e. The van der Waals surface area contributed by atoms with Crippen molar-refractivity contribution < 1.29 is 23.8 Å². The van der Waals surface area contributed by atoms with Gasteiger partial charge in [-0.2, -0.15) is 0 Å². The molecule has 0 aliphatic heterocycles. The van der Waals surface area contributed by atoms with Gasteiger partial charge in [0.15, 0.2) is 0 Å². The van der Waals surface area contributed by atoms with Crippen LogP contribution in [0.1, 0.15) is 11.3 Å². The molecule has 0 radical (unpaired) electrons. The lowest BCUT2D eigenvalue weighted by molar-refractivity contribution is 0.168. The number of benzene rings is 1. The van der Waals surface area contributed by atoms with Crippen molar-refractivity contribution in [1.29, 1.82) is 0 Å². The zero-order chi connectivity index (χ0) is 17.4. The third-order valence-corrected chi connectivity index (χ3v) is 3.51. The number of ether oxygens (including phenoxy) is 2. The molecule has 24 heavy (non-hydrogen) atoms. The molecule has 1 heterocycles. The largest absolute Gasteiger partial charge is 0.497 e. The number of hydrogen-bond donors (Lipinski definition) is 2. The van der Waals surface area contributed by atoms with Gasteiger partial charge in [0, 0.05) is 24.7 Å². The number of rotatable bonds is 8. The van der Waals surface area contributed by atoms with Crippen LogP contribution in [0, 0.1) is 0 Å². The van der Waals surface area contributed by atoms with Gasteiger partial charge in [0.25, 0.3) is 0 Å². The van der Waals surface area contributed by atoms with Gasteiger partial charge in [-0.25, -0.2) is 4.79 Å². The van der Waals surface area contributed by atoms with E-state index in [0.29, 0.717) is 30.3 Å². The average molecular weight is 334 g/mol. The summed E-state index contributed by atoms with van der Waals surface area (Å²) in [6, 6.07) is 8.64. The summed E-state index contributed by atoms with van der Waals surface area (Å²) < 4.78 is 15.7. The van der Waals surface area contributed by atoms with Crippen LogP contribution in [0.15, 0.2) is 41.0 Å². The van der Waals surface area contributed by atoms with E-state index in [2.05, 4.69) is 5.32 Å². The molecule has 0 spiro atoms. The second-order valence-electron chi connectivity index (χ2n) is 5.06. The van der Waals surface area contributed by atoms with E-state index in [-0.39, 0.29) is 19.2 Å². The number of methoxy groups -OCH3 is 2. The molecule has 1 aromatic heterocycles. The molecular formula is C17H22N2O5. The lowest BCUT2D eigenvalue weighted by Crippen LogP contribution is -2.40. The summed E-state index contributed by atoms with van der Waals surface area (Å²) in [5.41, 5.74) is 0.827. The molecule has 0 aliphatic carbocycles. The molecule has 0 unspecified atom stereocenters. The van der Waals surface area contributed by atoms with Gasteiger partial charge in [-0.15, -0.1) is 0 Å². The third kappa shape index (κ3) is 4.66. The molecule has 0 aliphatic rings. The Morgan fingerprint density at radius 2 is 2.12 bits per heavy atom. The highest BCUT2D eigenvalue weighted by Gasteiger charge is 2.15. The summed E-state index contributed by atoms with van der Waals surface area (Å²) in [4.78, 5) is 13.8. The molecule has 0 bridgehead atoms. The number of nitrogens with one attached hydrogen (secondary N) is 1. The first-order chi connectivity index (χ1) is 11.7. The van der Waals surface area contributed by atoms with Crippen LogP contribution in [0.3, 0.4) is 0 Å². The molecule has 0 saturated heterocycles. The van der Waals surface area contributed by atoms with Crippen molar-refractivity contribution >= 4 is 6.03 Å². The minimum absolute atomic E-state index is 0.125. The molecule has 2 aromatic rings. The predicted octanol–water partition coefficient (Wildman–Crippen LogP) is 2.00. The van der Waals surface area contributed by atoms with Gasteiger partial charge in [-0.05, 0) is 24.3 Å². The van der Waals surface area contributed by atoms with Gasteiger partial charge in [-0.1, -0.05) is 0 Å². The van der Waals surface area contributed by atoms with Crippen molar-refractivity contribution in [3.63, 3.8) is 0 Å². The lowest BCUT2D eigenvalue weighted by Gasteiger charge is -2.21. The van der Waals surface area contributed by atoms with Crippen LogP contribution in [0.25, 0.3) is 0 Å². The molecule has 2 N–H and O–H groups in total. The van der Waals surface area contributed by atoms with Crippen LogP contribution in [-0.2, 0) is 13.1 Å². The van der Waals surface area contributed by atoms with Crippen molar-refractivity contribution in [1.82, 2.24) is 10.2 Å². The van der Waals surface area contributed by atoms with Crippen LogP contribution in [-0.4, -0.2) is 43.4 Å². The normalized spacial score (nSPS) is 10.3. The lowest BCUT2D eigenvalue weighted by atomic mass is 10.2. The Morgan fingerprint density at radius 1 is 1.29 bits per heavy atom. The number of carbonyl (C=O) groups excluding carboxylic acids is 1. The molecule has 7 heteroatoms. The van der Waals surface area contributed by atoms with Gasteiger partial charge in [0.1, 0.15) is 17.3 Å². The highest BCUT2D eigenvalue weighted by atomic mass is 16.5. The molecule has 2 rings (SSSR count). The molecule has 1 aromatic carbocycles. The van der Waals surface area contributed by atoms with Crippen LogP contribution >= 0.6 is 0 Å². The number of amides is 2. The first-order valence-electron chi connectivity index (χ1n) is 7.55. The summed E-state index contributed by atoms with van der Waals surface area (Å²) in [5, 5.41) is 12.0. The Bertz CT molecular complexity index is 642. The first-order valence-corrected chi connectivity index (χ1v) is 7.55. The minimum Gasteiger partial charge on any atom is -0.497 e. The maximum atomic E-state index is 12.4. The topological polar surface area (TPSA) is 84.2 Å². The fourth-order valence-corrected chi connectivity index (χ4v) is 2.24. The van der Waals surface area contributed by atoms with Crippen molar-refractivity contribution in [3.8, 4) is 11.5 Å². The SMILES string of the molecule is COc1ccc(CNC(=O)N(CCO)Cc2ccco2)c(OC)c1. The van der Waals surface area contributed by atoms with Gasteiger partial charge >= 0.3 is 6.03 Å². The van der Waals surface area contributed by atoms with E-state index < -0.39 is 0 Å². The number of nitrogens with zero attached hydrogens (tertiary/aromatic N) is 1. The van der Waals surface area contributed by atoms with Crippen molar-refractivity contribution in [3.05, 3.63) is 47.9 Å². The number of furan rings is 1. The summed E-state index contributed by atoms with van der Waals surface area (Å²) in [6.07, 6.45) is 1.55. The number of aliphatic hydroxyl groups is 1. The van der Waals surface area contributed by atoms with Crippen LogP contribution in [0.2, 0.25) is 0 Å². The van der Waals surface area contributed by atoms with Gasteiger partial charge in [0.2, 0.25) is 0 Å². The Balaban J connectivity index is 1.99. The fourth-order valence-electron chi connectivity index (χ4n) is 2.24. The van der Waals surface area contributed by atoms with E-state index in [1.807, 2.05) is 6.07 Å². The molecule has 0 atom stereocenters. The standard InChI is InChI=1S/C17H22N2O5/c1-22-14-6-5-13(16(10-14)23-2)11-18-17(21)19(7-8-20)12-15-4-3-9-24-15/h3-6,9-10,20H,7-8,11-12H2,1-2H3,(H,18,21). The zero-order valence-electron chi connectivity index (χ0n) is 13.8. The molecule has 7 nitrogen and oxygen atoms in total. The van der Waals surface area contributed by atoms with E-state index in [9.17, 15) is 4.79 Å². The third-order valence-electron chi connectivity index (χ3n) is 3.51. The summed E-state index contributed by atoms with van der Waals surface area (Å²) in [5.74, 6) is 1.97. The molecule has 0 fully saturated rings. The average Bonchev–Trinajstić information content (AvgIpc) is 3.12. The van der Waals surface area contributed by atoms with E-state index in [0.717, 1.165) is 5.56 Å². The predicted molar refractivity (Wildman–Crippen MR) is 88.0 cm³/mol. The number of carbonyl (C=O) groups is 1. The van der Waals surface area contributed by atoms with Gasteiger partial charge in [0.05, 0.1) is 33.6 Å². The Morgan fingerprint density at radius 3 is 2.75 bits per heavy atom. The highest BCUT2D eigenvalue weighted by Crippen LogP contribution is 2.24. The van der Waals surface area contributed by atoms with E-state index in [1.54, 1.807) is 44.7 Å². The van der Waals surface area contributed by atoms with Crippen LogP contribution in [0.5, 0.6) is 11.5 Å². The van der Waals surface area contributed by atoms with Crippen molar-refractivity contribution in [2.45, 2.75) is 13.1 Å². The number of aliphatic hydroxyl groups excluding tert-OH is 1. The second-order valence-corrected chi connectivity index (χ2v) is 5.06. The quantitative estimate of drug-likeness (QED) is 0.771. The van der Waals surface area contributed by atoms with Crippen molar-refractivity contribution in [2.75, 3.05) is 27.4 Å². The summed E-state index contributed by atoms with van der Waals surface area (Å²) >= 11 is 0. The maximum absolute atomic E-state index is 12.4. The second kappa shape index (κ2) is 8.83. The minimum atomic E-state index is -0.293. The molecular weight excluding hydrogens is 312 g/mol. The number of urea groups is 1. The Labute approximate surface area is 140 Å². The van der Waals surface area contributed by atoms with Crippen molar-refractivity contribution in [2.24, 2.45) is 0 Å². The van der Waals surface area contributed by atoms with E-state index in [4.69, 9.17) is 19.0 Å². The Hall–Kier alpha value is -2.67. The molecule has 130 valence electrons. The number of hydrogen-bond acceptors (Lipinski definition) is 5. The molecule has 0 saturated carbocycles. The molecule has 2 amide bonds. The fraction of sp³-hybridized carbons (Fsp3) is 0.353. The van der Waals surface area contributed by atoms with E-state index >= 15 is 0 Å². The highest BCUT2D eigenvalue weighted by molar-refractivity contribution is 5.74. The maximum Gasteiger partial charge on any atom is 0.318 e. The summed E-state index contributed by atoms with van der Waals surface area (Å²) in [6.45, 7) is 0.678. The van der Waals surface area contributed by atoms with E-state index in [1.165, 1.54) is 4.90 Å². The van der Waals surface area contributed by atoms with Crippen LogP contribution in [0.4, 0.5) is 4.79 Å². The zero-order valence-corrected chi connectivity index (χ0v) is 13.8. The monoisotopic (exact) mass is 334 g/mol. The first kappa shape index (κ1) is 17.7. The van der Waals surface area contributed by atoms with Gasteiger partial charge in [-0.3, -0.25) is 0 Å². The summed E-state index contributed by atoms with van der Waals surface area (Å²) in [7, 11) is 3.15. The van der Waals surface area contributed by atoms with Gasteiger partial charge < -0.3 is 29.2 Å².